The zero-order chi connectivity index (χ0) is 20.3. The maximum Gasteiger partial charge on any atom is 0.419 e. The molecule has 0 amide bonds. The van der Waals surface area contributed by atoms with E-state index < -0.39 is 11.9 Å². The standard InChI is InChI=1S/C22H23FN2O3/c1-14-6-5-7-18(15(14)2)16(3)21-24-10-11-25(21)22(26)28-13-17-8-9-19(23)20(12-17)27-4/h5-12,16H,13H2,1-4H3/t16-/m0/s1. The van der Waals surface area contributed by atoms with Gasteiger partial charge in [0.2, 0.25) is 0 Å². The summed E-state index contributed by atoms with van der Waals surface area (Å²) >= 11 is 0. The van der Waals surface area contributed by atoms with Crippen LogP contribution in [0.1, 0.15) is 40.9 Å². The molecule has 5 nitrogen and oxygen atoms in total. The predicted molar refractivity (Wildman–Crippen MR) is 104 cm³/mol. The van der Waals surface area contributed by atoms with Crippen molar-refractivity contribution < 1.29 is 18.7 Å². The van der Waals surface area contributed by atoms with Gasteiger partial charge in [-0.05, 0) is 48.2 Å². The van der Waals surface area contributed by atoms with Gasteiger partial charge in [0.1, 0.15) is 12.4 Å². The molecular weight excluding hydrogens is 359 g/mol. The molecule has 0 aliphatic rings. The highest BCUT2D eigenvalue weighted by Gasteiger charge is 2.20. The van der Waals surface area contributed by atoms with Crippen LogP contribution in [0.4, 0.5) is 9.18 Å². The van der Waals surface area contributed by atoms with Crippen LogP contribution in [-0.2, 0) is 11.3 Å². The van der Waals surface area contributed by atoms with Crippen LogP contribution in [0.3, 0.4) is 0 Å². The molecule has 0 spiro atoms. The quantitative estimate of drug-likeness (QED) is 0.624. The molecule has 0 unspecified atom stereocenters. The zero-order valence-electron chi connectivity index (χ0n) is 16.4. The number of carbonyl (C=O) groups is 1. The van der Waals surface area contributed by atoms with E-state index in [0.717, 1.165) is 5.56 Å². The Morgan fingerprint density at radius 2 is 2.04 bits per heavy atom. The van der Waals surface area contributed by atoms with Gasteiger partial charge in [0, 0.05) is 18.3 Å². The van der Waals surface area contributed by atoms with Crippen molar-refractivity contribution in [3.8, 4) is 5.75 Å². The molecule has 1 aromatic heterocycles. The third-order valence-corrected chi connectivity index (χ3v) is 4.94. The molecule has 0 bridgehead atoms. The van der Waals surface area contributed by atoms with Crippen LogP contribution in [0.15, 0.2) is 48.8 Å². The van der Waals surface area contributed by atoms with E-state index in [1.54, 1.807) is 18.5 Å². The van der Waals surface area contributed by atoms with Crippen LogP contribution in [0.5, 0.6) is 5.75 Å². The second-order valence-electron chi connectivity index (χ2n) is 6.69. The molecule has 146 valence electrons. The third kappa shape index (κ3) is 3.91. The highest BCUT2D eigenvalue weighted by atomic mass is 19.1. The first kappa shape index (κ1) is 19.6. The molecule has 3 aromatic rings. The number of halogens is 1. The van der Waals surface area contributed by atoms with E-state index in [2.05, 4.69) is 24.9 Å². The number of benzene rings is 2. The molecule has 0 radical (unpaired) electrons. The average Bonchev–Trinajstić information content (AvgIpc) is 3.18. The number of aryl methyl sites for hydroxylation is 1. The lowest BCUT2D eigenvalue weighted by molar-refractivity contribution is 0.140. The topological polar surface area (TPSA) is 53.4 Å². The van der Waals surface area contributed by atoms with Gasteiger partial charge in [-0.25, -0.2) is 18.7 Å². The molecule has 28 heavy (non-hydrogen) atoms. The monoisotopic (exact) mass is 382 g/mol. The first-order valence-electron chi connectivity index (χ1n) is 9.01. The number of rotatable bonds is 5. The third-order valence-electron chi connectivity index (χ3n) is 4.94. The molecule has 0 saturated carbocycles. The summed E-state index contributed by atoms with van der Waals surface area (Å²) in [5.41, 5.74) is 4.12. The minimum Gasteiger partial charge on any atom is -0.494 e. The molecule has 1 atom stereocenters. The van der Waals surface area contributed by atoms with Crippen molar-refractivity contribution in [2.24, 2.45) is 0 Å². The van der Waals surface area contributed by atoms with Gasteiger partial charge in [-0.1, -0.05) is 31.2 Å². The van der Waals surface area contributed by atoms with Crippen molar-refractivity contribution in [1.29, 1.82) is 0 Å². The van der Waals surface area contributed by atoms with Gasteiger partial charge in [-0.2, -0.15) is 0 Å². The van der Waals surface area contributed by atoms with E-state index in [4.69, 9.17) is 9.47 Å². The van der Waals surface area contributed by atoms with Crippen LogP contribution in [-0.4, -0.2) is 22.8 Å². The van der Waals surface area contributed by atoms with E-state index in [-0.39, 0.29) is 18.3 Å². The number of ether oxygens (including phenoxy) is 2. The number of carbonyl (C=O) groups excluding carboxylic acids is 1. The predicted octanol–water partition coefficient (Wildman–Crippen LogP) is 4.98. The fraction of sp³-hybridized carbons (Fsp3) is 0.273. The largest absolute Gasteiger partial charge is 0.494 e. The van der Waals surface area contributed by atoms with Crippen molar-refractivity contribution >= 4 is 6.09 Å². The van der Waals surface area contributed by atoms with Gasteiger partial charge >= 0.3 is 6.09 Å². The Balaban J connectivity index is 1.77. The number of hydrogen-bond acceptors (Lipinski definition) is 4. The maximum absolute atomic E-state index is 13.5. The minimum atomic E-state index is -0.534. The maximum atomic E-state index is 13.5. The Morgan fingerprint density at radius 3 is 2.79 bits per heavy atom. The molecule has 2 aromatic carbocycles. The summed E-state index contributed by atoms with van der Waals surface area (Å²) in [7, 11) is 1.39. The molecule has 0 saturated heterocycles. The molecule has 0 aliphatic heterocycles. The number of hydrogen-bond donors (Lipinski definition) is 0. The minimum absolute atomic E-state index is 0.00491. The Hall–Kier alpha value is -3.15. The van der Waals surface area contributed by atoms with Crippen LogP contribution in [0, 0.1) is 19.7 Å². The Morgan fingerprint density at radius 1 is 1.25 bits per heavy atom. The van der Waals surface area contributed by atoms with E-state index in [0.29, 0.717) is 11.4 Å². The van der Waals surface area contributed by atoms with Crippen molar-refractivity contribution in [1.82, 2.24) is 9.55 Å². The summed E-state index contributed by atoms with van der Waals surface area (Å²) in [5.74, 6) is 0.181. The lowest BCUT2D eigenvalue weighted by Gasteiger charge is -2.17. The normalized spacial score (nSPS) is 11.9. The molecule has 1 heterocycles. The van der Waals surface area contributed by atoms with Crippen LogP contribution in [0.2, 0.25) is 0 Å². The molecule has 3 rings (SSSR count). The number of imidazole rings is 1. The molecule has 0 aliphatic carbocycles. The second kappa shape index (κ2) is 8.25. The smallest absolute Gasteiger partial charge is 0.419 e. The second-order valence-corrected chi connectivity index (χ2v) is 6.69. The van der Waals surface area contributed by atoms with E-state index >= 15 is 0 Å². The summed E-state index contributed by atoms with van der Waals surface area (Å²) in [6, 6.07) is 10.5. The summed E-state index contributed by atoms with van der Waals surface area (Å²) in [5, 5.41) is 0. The van der Waals surface area contributed by atoms with Gasteiger partial charge in [-0.3, -0.25) is 0 Å². The molecule has 6 heteroatoms. The molecule has 0 N–H and O–H groups in total. The van der Waals surface area contributed by atoms with Crippen molar-refractivity contribution in [2.45, 2.75) is 33.3 Å². The summed E-state index contributed by atoms with van der Waals surface area (Å²) in [4.78, 5) is 17.0. The fourth-order valence-electron chi connectivity index (χ4n) is 3.18. The van der Waals surface area contributed by atoms with Crippen LogP contribution >= 0.6 is 0 Å². The number of nitrogens with zero attached hydrogens (tertiary/aromatic N) is 2. The van der Waals surface area contributed by atoms with Gasteiger partial charge in [0.25, 0.3) is 0 Å². The van der Waals surface area contributed by atoms with Gasteiger partial charge < -0.3 is 9.47 Å². The SMILES string of the molecule is COc1cc(COC(=O)n2ccnc2[C@@H](C)c2cccc(C)c2C)ccc1F. The first-order valence-corrected chi connectivity index (χ1v) is 9.01. The van der Waals surface area contributed by atoms with E-state index in [1.807, 2.05) is 19.1 Å². The van der Waals surface area contributed by atoms with Crippen LogP contribution in [0.25, 0.3) is 0 Å². The fourth-order valence-corrected chi connectivity index (χ4v) is 3.18. The zero-order valence-corrected chi connectivity index (χ0v) is 16.4. The average molecular weight is 382 g/mol. The summed E-state index contributed by atoms with van der Waals surface area (Å²) in [6.45, 7) is 6.14. The van der Waals surface area contributed by atoms with Crippen molar-refractivity contribution in [3.63, 3.8) is 0 Å². The van der Waals surface area contributed by atoms with E-state index in [9.17, 15) is 9.18 Å². The van der Waals surface area contributed by atoms with Gasteiger partial charge in [0.15, 0.2) is 11.6 Å². The first-order chi connectivity index (χ1) is 13.4. The lowest BCUT2D eigenvalue weighted by atomic mass is 9.93. The summed E-state index contributed by atoms with van der Waals surface area (Å²) < 4.78 is 25.3. The summed E-state index contributed by atoms with van der Waals surface area (Å²) in [6.07, 6.45) is 2.64. The van der Waals surface area contributed by atoms with Gasteiger partial charge in [-0.15, -0.1) is 0 Å². The Kier molecular flexibility index (Phi) is 5.78. The Labute approximate surface area is 163 Å². The molecule has 0 fully saturated rings. The van der Waals surface area contributed by atoms with Gasteiger partial charge in [0.05, 0.1) is 7.11 Å². The van der Waals surface area contributed by atoms with Crippen LogP contribution < -0.4 is 4.74 Å². The highest BCUT2D eigenvalue weighted by molar-refractivity contribution is 5.71. The lowest BCUT2D eigenvalue weighted by Crippen LogP contribution is -2.18. The number of aromatic nitrogens is 2. The van der Waals surface area contributed by atoms with Crippen molar-refractivity contribution in [3.05, 3.63) is 82.7 Å². The Bertz CT molecular complexity index is 997. The van der Waals surface area contributed by atoms with Crippen molar-refractivity contribution in [2.75, 3.05) is 7.11 Å². The number of methoxy groups -OCH3 is 1. The van der Waals surface area contributed by atoms with E-state index in [1.165, 1.54) is 34.9 Å². The molecular formula is C22H23FN2O3. The highest BCUT2D eigenvalue weighted by Crippen LogP contribution is 2.27.